The Morgan fingerprint density at radius 1 is 1.47 bits per heavy atom. The van der Waals surface area contributed by atoms with E-state index in [1.165, 1.54) is 0 Å². The molecule has 1 aromatic carbocycles. The van der Waals surface area contributed by atoms with Crippen molar-refractivity contribution in [3.05, 3.63) is 18.2 Å². The van der Waals surface area contributed by atoms with Crippen molar-refractivity contribution in [1.82, 2.24) is 0 Å². The van der Waals surface area contributed by atoms with E-state index in [4.69, 9.17) is 15.2 Å². The van der Waals surface area contributed by atoms with Gasteiger partial charge < -0.3 is 20.1 Å². The fraction of sp³-hybridized carbons (Fsp3) is 0.500. The van der Waals surface area contributed by atoms with E-state index in [1.807, 2.05) is 13.8 Å². The molecule has 1 aliphatic rings. The molecule has 0 bridgehead atoms. The van der Waals surface area contributed by atoms with E-state index in [0.717, 1.165) is 12.1 Å². The molecule has 0 atom stereocenters. The molecule has 104 valence electrons. The number of nitrogens with two attached hydrogens (primary N) is 1. The predicted octanol–water partition coefficient (Wildman–Crippen LogP) is 1.81. The fourth-order valence-electron chi connectivity index (χ4n) is 1.95. The number of nitrogens with zero attached hydrogens (tertiary/aromatic N) is 1. The quantitative estimate of drug-likeness (QED) is 0.842. The highest BCUT2D eigenvalue weighted by atomic mass is 16.5. The Hall–Kier alpha value is -1.75. The topological polar surface area (TPSA) is 64.8 Å². The molecule has 1 aliphatic heterocycles. The van der Waals surface area contributed by atoms with Gasteiger partial charge in [-0.25, -0.2) is 0 Å². The van der Waals surface area contributed by atoms with Crippen LogP contribution in [-0.4, -0.2) is 31.8 Å². The summed E-state index contributed by atoms with van der Waals surface area (Å²) in [5.74, 6) is 0.647. The van der Waals surface area contributed by atoms with Crippen LogP contribution in [0.15, 0.2) is 18.2 Å². The molecule has 5 nitrogen and oxygen atoms in total. The van der Waals surface area contributed by atoms with Gasteiger partial charge in [-0.3, -0.25) is 4.79 Å². The lowest BCUT2D eigenvalue weighted by Gasteiger charge is -2.32. The second-order valence-corrected chi connectivity index (χ2v) is 5.28. The van der Waals surface area contributed by atoms with Crippen molar-refractivity contribution in [2.45, 2.75) is 25.9 Å². The van der Waals surface area contributed by atoms with Gasteiger partial charge in [0.2, 0.25) is 0 Å². The van der Waals surface area contributed by atoms with Crippen molar-refractivity contribution in [1.29, 1.82) is 0 Å². The van der Waals surface area contributed by atoms with Crippen molar-refractivity contribution in [2.24, 2.45) is 0 Å². The van der Waals surface area contributed by atoms with Gasteiger partial charge in [-0.05, 0) is 38.5 Å². The van der Waals surface area contributed by atoms with E-state index in [2.05, 4.69) is 0 Å². The molecule has 0 aromatic heterocycles. The Bertz CT molecular complexity index is 486. The summed E-state index contributed by atoms with van der Waals surface area (Å²) in [7, 11) is 1.67. The van der Waals surface area contributed by atoms with Crippen LogP contribution in [0.4, 0.5) is 11.4 Å². The molecular weight excluding hydrogens is 244 g/mol. The van der Waals surface area contributed by atoms with Crippen molar-refractivity contribution in [3.8, 4) is 5.75 Å². The minimum Gasteiger partial charge on any atom is -0.482 e. The molecule has 2 N–H and O–H groups in total. The zero-order valence-corrected chi connectivity index (χ0v) is 11.6. The number of rotatable bonds is 4. The number of amides is 1. The summed E-state index contributed by atoms with van der Waals surface area (Å²) in [4.78, 5) is 13.7. The maximum absolute atomic E-state index is 12.0. The summed E-state index contributed by atoms with van der Waals surface area (Å²) in [5, 5.41) is 0. The highest BCUT2D eigenvalue weighted by Gasteiger charge is 2.27. The van der Waals surface area contributed by atoms with Crippen molar-refractivity contribution in [2.75, 3.05) is 30.9 Å². The predicted molar refractivity (Wildman–Crippen MR) is 74.4 cm³/mol. The van der Waals surface area contributed by atoms with E-state index >= 15 is 0 Å². The molecular formula is C14H20N2O3. The van der Waals surface area contributed by atoms with Crippen LogP contribution in [0.25, 0.3) is 0 Å². The summed E-state index contributed by atoms with van der Waals surface area (Å²) >= 11 is 0. The van der Waals surface area contributed by atoms with E-state index in [0.29, 0.717) is 18.0 Å². The Balaban J connectivity index is 2.21. The number of ether oxygens (including phenoxy) is 2. The second-order valence-electron chi connectivity index (χ2n) is 5.28. The Morgan fingerprint density at radius 3 is 2.89 bits per heavy atom. The molecule has 5 heteroatoms. The maximum Gasteiger partial charge on any atom is 0.265 e. The zero-order valence-electron chi connectivity index (χ0n) is 11.6. The molecule has 0 radical (unpaired) electrons. The van der Waals surface area contributed by atoms with Gasteiger partial charge in [0.1, 0.15) is 5.75 Å². The Kier molecular flexibility index (Phi) is 3.66. The van der Waals surface area contributed by atoms with E-state index < -0.39 is 0 Å². The largest absolute Gasteiger partial charge is 0.482 e. The molecule has 0 spiro atoms. The minimum absolute atomic E-state index is 0.0509. The number of carbonyl (C=O) groups is 1. The van der Waals surface area contributed by atoms with Gasteiger partial charge in [0.25, 0.3) is 5.91 Å². The average molecular weight is 264 g/mol. The number of anilines is 2. The van der Waals surface area contributed by atoms with Gasteiger partial charge in [0.15, 0.2) is 6.61 Å². The van der Waals surface area contributed by atoms with Crippen molar-refractivity contribution < 1.29 is 14.3 Å². The normalized spacial score (nSPS) is 15.1. The zero-order chi connectivity index (χ0) is 14.0. The van der Waals surface area contributed by atoms with Crippen LogP contribution in [0.5, 0.6) is 5.75 Å². The van der Waals surface area contributed by atoms with E-state index in [9.17, 15) is 4.79 Å². The van der Waals surface area contributed by atoms with Gasteiger partial charge in [-0.2, -0.15) is 0 Å². The highest BCUT2D eigenvalue weighted by Crippen LogP contribution is 2.34. The monoisotopic (exact) mass is 264 g/mol. The smallest absolute Gasteiger partial charge is 0.265 e. The Labute approximate surface area is 113 Å². The summed E-state index contributed by atoms with van der Waals surface area (Å²) in [6.07, 6.45) is 0.740. The summed E-state index contributed by atoms with van der Waals surface area (Å²) in [6, 6.07) is 5.34. The minimum atomic E-state index is -0.265. The first-order valence-corrected chi connectivity index (χ1v) is 6.31. The third-order valence-electron chi connectivity index (χ3n) is 3.42. The van der Waals surface area contributed by atoms with Crippen LogP contribution >= 0.6 is 0 Å². The number of hydrogen-bond acceptors (Lipinski definition) is 4. The van der Waals surface area contributed by atoms with Crippen LogP contribution < -0.4 is 15.4 Å². The lowest BCUT2D eigenvalue weighted by molar-refractivity contribution is -0.121. The van der Waals surface area contributed by atoms with E-state index in [-0.39, 0.29) is 18.1 Å². The number of carbonyl (C=O) groups excluding carboxylic acids is 1. The number of benzene rings is 1. The number of methoxy groups -OCH3 is 1. The third kappa shape index (κ3) is 2.98. The first-order chi connectivity index (χ1) is 8.93. The first-order valence-electron chi connectivity index (χ1n) is 6.31. The number of nitrogen functional groups attached to an aromatic ring is 1. The fourth-order valence-corrected chi connectivity index (χ4v) is 1.95. The molecule has 0 saturated carbocycles. The lowest BCUT2D eigenvalue weighted by atomic mass is 10.0. The van der Waals surface area contributed by atoms with Gasteiger partial charge in [0, 0.05) is 19.3 Å². The molecule has 1 aromatic rings. The van der Waals surface area contributed by atoms with Crippen LogP contribution in [0, 0.1) is 0 Å². The highest BCUT2D eigenvalue weighted by molar-refractivity contribution is 5.98. The Morgan fingerprint density at radius 2 is 2.21 bits per heavy atom. The van der Waals surface area contributed by atoms with Crippen molar-refractivity contribution in [3.63, 3.8) is 0 Å². The van der Waals surface area contributed by atoms with Gasteiger partial charge in [-0.15, -0.1) is 0 Å². The van der Waals surface area contributed by atoms with Gasteiger partial charge in [0.05, 0.1) is 11.3 Å². The molecule has 2 rings (SSSR count). The average Bonchev–Trinajstić information content (AvgIpc) is 2.37. The summed E-state index contributed by atoms with van der Waals surface area (Å²) in [6.45, 7) is 4.65. The van der Waals surface area contributed by atoms with Crippen LogP contribution in [-0.2, 0) is 9.53 Å². The molecule has 0 saturated heterocycles. The van der Waals surface area contributed by atoms with Crippen molar-refractivity contribution >= 4 is 17.3 Å². The number of fused-ring (bicyclic) bond motifs is 1. The molecule has 0 fully saturated rings. The number of hydrogen-bond donors (Lipinski definition) is 1. The third-order valence-corrected chi connectivity index (χ3v) is 3.42. The van der Waals surface area contributed by atoms with Crippen LogP contribution in [0.1, 0.15) is 20.3 Å². The molecule has 0 aliphatic carbocycles. The molecule has 1 heterocycles. The molecule has 1 amide bonds. The van der Waals surface area contributed by atoms with Crippen LogP contribution in [0.3, 0.4) is 0 Å². The second kappa shape index (κ2) is 5.09. The molecule has 0 unspecified atom stereocenters. The first kappa shape index (κ1) is 13.7. The summed E-state index contributed by atoms with van der Waals surface area (Å²) < 4.78 is 10.8. The summed E-state index contributed by atoms with van der Waals surface area (Å²) in [5.41, 5.74) is 6.87. The molecule has 19 heavy (non-hydrogen) atoms. The van der Waals surface area contributed by atoms with Crippen LogP contribution in [0.2, 0.25) is 0 Å². The van der Waals surface area contributed by atoms with Gasteiger partial charge in [-0.1, -0.05) is 0 Å². The van der Waals surface area contributed by atoms with Gasteiger partial charge >= 0.3 is 0 Å². The maximum atomic E-state index is 12.0. The standard InChI is InChI=1S/C14H20N2O3/c1-14(2,18-3)6-7-16-11-8-10(15)4-5-12(11)19-9-13(16)17/h4-5,8H,6-7,9,15H2,1-3H3. The SMILES string of the molecule is COC(C)(C)CCN1C(=O)COc2ccc(N)cc21. The lowest BCUT2D eigenvalue weighted by Crippen LogP contribution is -2.41. The van der Waals surface area contributed by atoms with E-state index in [1.54, 1.807) is 30.2 Å².